The zero-order valence-electron chi connectivity index (χ0n) is 16.9. The van der Waals surface area contributed by atoms with Gasteiger partial charge in [-0.3, -0.25) is 9.59 Å². The van der Waals surface area contributed by atoms with Gasteiger partial charge in [0.1, 0.15) is 25.0 Å². The molecule has 1 unspecified atom stereocenters. The number of carbonyl (C=O) groups is 2. The van der Waals surface area contributed by atoms with Crippen LogP contribution in [0, 0.1) is 5.92 Å². The normalized spacial score (nSPS) is 13.5. The topological polar surface area (TPSA) is 85.9 Å². The highest BCUT2D eigenvalue weighted by Crippen LogP contribution is 2.30. The molecule has 2 N–H and O–H groups in total. The molecule has 0 aromatic heterocycles. The molecule has 2 aromatic carbocycles. The number of methoxy groups -OCH3 is 1. The third-order valence-electron chi connectivity index (χ3n) is 4.66. The molecule has 1 atom stereocenters. The van der Waals surface area contributed by atoms with Crippen molar-refractivity contribution < 1.29 is 23.8 Å². The van der Waals surface area contributed by atoms with Gasteiger partial charge in [0.05, 0.1) is 7.11 Å². The summed E-state index contributed by atoms with van der Waals surface area (Å²) in [6, 6.07) is 11.7. The number of carbonyl (C=O) groups excluding carboxylic acids is 2. The van der Waals surface area contributed by atoms with E-state index in [1.165, 1.54) is 0 Å². The molecule has 0 saturated heterocycles. The highest BCUT2D eigenvalue weighted by Gasteiger charge is 2.24. The number of hydrogen-bond donors (Lipinski definition) is 2. The van der Waals surface area contributed by atoms with Gasteiger partial charge < -0.3 is 24.8 Å². The first-order valence-corrected chi connectivity index (χ1v) is 9.59. The summed E-state index contributed by atoms with van der Waals surface area (Å²) in [5.41, 5.74) is 1.36. The van der Waals surface area contributed by atoms with E-state index in [2.05, 4.69) is 10.6 Å². The summed E-state index contributed by atoms with van der Waals surface area (Å²) in [6.45, 7) is 5.16. The molecule has 1 heterocycles. The lowest BCUT2D eigenvalue weighted by molar-refractivity contribution is -0.124. The van der Waals surface area contributed by atoms with Crippen LogP contribution in [0.25, 0.3) is 0 Å². The van der Waals surface area contributed by atoms with Crippen molar-refractivity contribution in [1.82, 2.24) is 10.6 Å². The van der Waals surface area contributed by atoms with E-state index in [1.807, 2.05) is 32.0 Å². The molecular weight excluding hydrogens is 372 g/mol. The summed E-state index contributed by atoms with van der Waals surface area (Å²) in [4.78, 5) is 25.2. The molecule has 0 bridgehead atoms. The van der Waals surface area contributed by atoms with Gasteiger partial charge in [-0.25, -0.2) is 0 Å². The van der Waals surface area contributed by atoms with Crippen LogP contribution in [0.15, 0.2) is 42.5 Å². The number of benzene rings is 2. The van der Waals surface area contributed by atoms with Crippen molar-refractivity contribution in [2.24, 2.45) is 5.92 Å². The monoisotopic (exact) mass is 398 g/mol. The molecule has 3 rings (SSSR count). The molecule has 7 heteroatoms. The first kappa shape index (κ1) is 20.5. The summed E-state index contributed by atoms with van der Waals surface area (Å²) < 4.78 is 16.2. The largest absolute Gasteiger partial charge is 0.497 e. The van der Waals surface area contributed by atoms with E-state index in [4.69, 9.17) is 14.2 Å². The third-order valence-corrected chi connectivity index (χ3v) is 4.66. The zero-order chi connectivity index (χ0) is 20.8. The molecule has 1 aliphatic heterocycles. The molecule has 0 spiro atoms. The van der Waals surface area contributed by atoms with Crippen LogP contribution >= 0.6 is 0 Å². The fourth-order valence-electron chi connectivity index (χ4n) is 3.00. The Labute approximate surface area is 170 Å². The van der Waals surface area contributed by atoms with E-state index in [0.29, 0.717) is 42.6 Å². The lowest BCUT2D eigenvalue weighted by Crippen LogP contribution is -2.49. The van der Waals surface area contributed by atoms with E-state index in [0.717, 1.165) is 5.56 Å². The van der Waals surface area contributed by atoms with Gasteiger partial charge in [0.2, 0.25) is 5.91 Å². The fraction of sp³-hybridized carbons (Fsp3) is 0.364. The zero-order valence-corrected chi connectivity index (χ0v) is 16.9. The summed E-state index contributed by atoms with van der Waals surface area (Å²) in [7, 11) is 1.57. The minimum absolute atomic E-state index is 0.0718. The summed E-state index contributed by atoms with van der Waals surface area (Å²) in [5.74, 6) is 1.43. The SMILES string of the molecule is COc1ccc(C(=O)NC(C(=O)NCc2ccc3c(c2)OCCO3)C(C)C)cc1. The first-order chi connectivity index (χ1) is 14.0. The quantitative estimate of drug-likeness (QED) is 0.749. The van der Waals surface area contributed by atoms with Gasteiger partial charge in [0.15, 0.2) is 11.5 Å². The molecule has 29 heavy (non-hydrogen) atoms. The van der Waals surface area contributed by atoms with Gasteiger partial charge >= 0.3 is 0 Å². The Kier molecular flexibility index (Phi) is 6.59. The number of hydrogen-bond acceptors (Lipinski definition) is 5. The van der Waals surface area contributed by atoms with Crippen molar-refractivity contribution in [2.45, 2.75) is 26.4 Å². The molecule has 0 saturated carbocycles. The first-order valence-electron chi connectivity index (χ1n) is 9.59. The van der Waals surface area contributed by atoms with Crippen molar-refractivity contribution >= 4 is 11.8 Å². The molecular formula is C22H26N2O5. The maximum atomic E-state index is 12.7. The van der Waals surface area contributed by atoms with Crippen LogP contribution in [0.2, 0.25) is 0 Å². The minimum Gasteiger partial charge on any atom is -0.497 e. The Morgan fingerprint density at radius 1 is 1.03 bits per heavy atom. The third kappa shape index (κ3) is 5.19. The van der Waals surface area contributed by atoms with Crippen molar-refractivity contribution in [3.05, 3.63) is 53.6 Å². The van der Waals surface area contributed by atoms with E-state index >= 15 is 0 Å². The van der Waals surface area contributed by atoms with Gasteiger partial charge in [-0.1, -0.05) is 19.9 Å². The van der Waals surface area contributed by atoms with Crippen LogP contribution in [0.5, 0.6) is 17.2 Å². The van der Waals surface area contributed by atoms with Gasteiger partial charge in [-0.2, -0.15) is 0 Å². The molecule has 154 valence electrons. The molecule has 1 aliphatic rings. The van der Waals surface area contributed by atoms with Crippen LogP contribution in [-0.2, 0) is 11.3 Å². The second-order valence-electron chi connectivity index (χ2n) is 7.12. The van der Waals surface area contributed by atoms with Crippen molar-refractivity contribution in [3.8, 4) is 17.2 Å². The molecule has 0 fully saturated rings. The lowest BCUT2D eigenvalue weighted by Gasteiger charge is -2.22. The number of rotatable bonds is 7. The van der Waals surface area contributed by atoms with E-state index in [-0.39, 0.29) is 17.7 Å². The molecule has 2 aromatic rings. The second kappa shape index (κ2) is 9.32. The molecule has 7 nitrogen and oxygen atoms in total. The van der Waals surface area contributed by atoms with Gasteiger partial charge in [0, 0.05) is 12.1 Å². The average Bonchev–Trinajstić information content (AvgIpc) is 2.75. The van der Waals surface area contributed by atoms with Gasteiger partial charge in [0.25, 0.3) is 5.91 Å². The van der Waals surface area contributed by atoms with Gasteiger partial charge in [-0.05, 0) is 47.9 Å². The van der Waals surface area contributed by atoms with Crippen LogP contribution in [0.1, 0.15) is 29.8 Å². The number of nitrogens with one attached hydrogen (secondary N) is 2. The smallest absolute Gasteiger partial charge is 0.251 e. The Hall–Kier alpha value is -3.22. The Bertz CT molecular complexity index is 864. The predicted octanol–water partition coefficient (Wildman–Crippen LogP) is 2.54. The van der Waals surface area contributed by atoms with Crippen LogP contribution < -0.4 is 24.8 Å². The van der Waals surface area contributed by atoms with Crippen LogP contribution in [0.3, 0.4) is 0 Å². The Balaban J connectivity index is 1.61. The van der Waals surface area contributed by atoms with Crippen molar-refractivity contribution in [3.63, 3.8) is 0 Å². The highest BCUT2D eigenvalue weighted by molar-refractivity contribution is 5.97. The fourth-order valence-corrected chi connectivity index (χ4v) is 3.00. The number of ether oxygens (including phenoxy) is 3. The summed E-state index contributed by atoms with van der Waals surface area (Å²) >= 11 is 0. The number of fused-ring (bicyclic) bond motifs is 1. The van der Waals surface area contributed by atoms with Crippen molar-refractivity contribution in [2.75, 3.05) is 20.3 Å². The molecule has 0 aliphatic carbocycles. The molecule has 0 radical (unpaired) electrons. The maximum Gasteiger partial charge on any atom is 0.251 e. The number of amides is 2. The summed E-state index contributed by atoms with van der Waals surface area (Å²) in [6.07, 6.45) is 0. The van der Waals surface area contributed by atoms with Crippen LogP contribution in [0.4, 0.5) is 0 Å². The minimum atomic E-state index is -0.651. The van der Waals surface area contributed by atoms with Gasteiger partial charge in [-0.15, -0.1) is 0 Å². The van der Waals surface area contributed by atoms with Crippen molar-refractivity contribution in [1.29, 1.82) is 0 Å². The van der Waals surface area contributed by atoms with E-state index < -0.39 is 6.04 Å². The highest BCUT2D eigenvalue weighted by atomic mass is 16.6. The maximum absolute atomic E-state index is 12.7. The Morgan fingerprint density at radius 3 is 2.38 bits per heavy atom. The van der Waals surface area contributed by atoms with Crippen LogP contribution in [-0.4, -0.2) is 38.2 Å². The Morgan fingerprint density at radius 2 is 1.72 bits per heavy atom. The second-order valence-corrected chi connectivity index (χ2v) is 7.12. The standard InChI is InChI=1S/C22H26N2O5/c1-14(2)20(24-21(25)16-5-7-17(27-3)8-6-16)22(26)23-13-15-4-9-18-19(12-15)29-11-10-28-18/h4-9,12,14,20H,10-11,13H2,1-3H3,(H,23,26)(H,24,25). The lowest BCUT2D eigenvalue weighted by atomic mass is 10.0. The van der Waals surface area contributed by atoms with E-state index in [9.17, 15) is 9.59 Å². The summed E-state index contributed by atoms with van der Waals surface area (Å²) in [5, 5.41) is 5.71. The van der Waals surface area contributed by atoms with E-state index in [1.54, 1.807) is 31.4 Å². The average molecular weight is 398 g/mol. The molecule has 2 amide bonds. The predicted molar refractivity (Wildman–Crippen MR) is 108 cm³/mol.